The zero-order valence-electron chi connectivity index (χ0n) is 10.3. The zero-order chi connectivity index (χ0) is 14.9. The van der Waals surface area contributed by atoms with Crippen molar-refractivity contribution >= 4 is 17.5 Å². The van der Waals surface area contributed by atoms with Gasteiger partial charge < -0.3 is 15.1 Å². The molecule has 0 aliphatic heterocycles. The van der Waals surface area contributed by atoms with Crippen molar-refractivity contribution in [3.63, 3.8) is 0 Å². The molecule has 1 aromatic heterocycles. The van der Waals surface area contributed by atoms with Crippen LogP contribution in [0.2, 0.25) is 0 Å². The number of pyridine rings is 1. The van der Waals surface area contributed by atoms with Crippen LogP contribution in [0, 0.1) is 11.6 Å². The van der Waals surface area contributed by atoms with Crippen LogP contribution >= 0.6 is 0 Å². The van der Waals surface area contributed by atoms with Gasteiger partial charge >= 0.3 is 5.97 Å². The molecule has 1 heterocycles. The van der Waals surface area contributed by atoms with Gasteiger partial charge in [0.2, 0.25) is 0 Å². The number of anilines is 2. The Hall–Kier alpha value is -2.70. The fourth-order valence-electron chi connectivity index (χ4n) is 1.79. The van der Waals surface area contributed by atoms with Crippen molar-refractivity contribution in [3.05, 3.63) is 47.7 Å². The van der Waals surface area contributed by atoms with Gasteiger partial charge in [-0.05, 0) is 24.3 Å². The number of halogens is 2. The fraction of sp³-hybridized carbons (Fsp3) is 0.0769. The smallest absolute Gasteiger partial charge is 0.337 e. The molecule has 1 aromatic carbocycles. The predicted octanol–water partition coefficient (Wildman–Crippen LogP) is 2.53. The molecule has 0 atom stereocenters. The van der Waals surface area contributed by atoms with E-state index in [-0.39, 0.29) is 11.6 Å². The molecule has 104 valence electrons. The van der Waals surface area contributed by atoms with Crippen LogP contribution in [0.5, 0.6) is 5.75 Å². The standard InChI is InChI=1S/C13H10F2N2O3/c1-17(12-9(18)3-2-6-16-12)11-7(13(19)20)4-5-8(14)10(11)15/h2-6,18H,1H3,(H,19,20). The van der Waals surface area contributed by atoms with Gasteiger partial charge in [-0.15, -0.1) is 0 Å². The number of hydrogen-bond donors (Lipinski definition) is 2. The van der Waals surface area contributed by atoms with Gasteiger partial charge in [0, 0.05) is 13.2 Å². The summed E-state index contributed by atoms with van der Waals surface area (Å²) in [5, 5.41) is 18.7. The Balaban J connectivity index is 2.65. The minimum absolute atomic E-state index is 0.0838. The maximum absolute atomic E-state index is 13.9. The van der Waals surface area contributed by atoms with Gasteiger partial charge in [-0.1, -0.05) is 0 Å². The highest BCUT2D eigenvalue weighted by Gasteiger charge is 2.24. The second-order valence-electron chi connectivity index (χ2n) is 3.97. The van der Waals surface area contributed by atoms with Crippen LogP contribution in [0.4, 0.5) is 20.3 Å². The van der Waals surface area contributed by atoms with Gasteiger partial charge in [0.05, 0.1) is 11.3 Å². The number of aromatic carboxylic acids is 1. The monoisotopic (exact) mass is 280 g/mol. The van der Waals surface area contributed by atoms with E-state index in [9.17, 15) is 18.7 Å². The molecule has 20 heavy (non-hydrogen) atoms. The summed E-state index contributed by atoms with van der Waals surface area (Å²) >= 11 is 0. The van der Waals surface area contributed by atoms with Crippen LogP contribution in [0.3, 0.4) is 0 Å². The maximum atomic E-state index is 13.9. The van der Waals surface area contributed by atoms with E-state index < -0.39 is 28.9 Å². The second-order valence-corrected chi connectivity index (χ2v) is 3.97. The molecule has 0 amide bonds. The van der Waals surface area contributed by atoms with E-state index >= 15 is 0 Å². The minimum Gasteiger partial charge on any atom is -0.504 e. The van der Waals surface area contributed by atoms with E-state index in [0.717, 1.165) is 17.0 Å². The molecule has 0 bridgehead atoms. The zero-order valence-corrected chi connectivity index (χ0v) is 10.3. The number of nitrogens with zero attached hydrogens (tertiary/aromatic N) is 2. The van der Waals surface area contributed by atoms with Crippen molar-refractivity contribution in [3.8, 4) is 5.75 Å². The largest absolute Gasteiger partial charge is 0.504 e. The van der Waals surface area contributed by atoms with Gasteiger partial charge in [-0.3, -0.25) is 0 Å². The molecule has 2 rings (SSSR count). The molecular formula is C13H10F2N2O3. The molecule has 0 fully saturated rings. The number of aromatic nitrogens is 1. The van der Waals surface area contributed by atoms with Crippen molar-refractivity contribution < 1.29 is 23.8 Å². The first-order chi connectivity index (χ1) is 9.43. The fourth-order valence-corrected chi connectivity index (χ4v) is 1.79. The average Bonchev–Trinajstić information content (AvgIpc) is 2.41. The summed E-state index contributed by atoms with van der Waals surface area (Å²) < 4.78 is 27.2. The number of carboxylic acid groups (broad SMARTS) is 1. The Morgan fingerprint density at radius 1 is 1.30 bits per heavy atom. The topological polar surface area (TPSA) is 73.7 Å². The van der Waals surface area contributed by atoms with Crippen LogP contribution in [-0.2, 0) is 0 Å². The first kappa shape index (κ1) is 13.7. The summed E-state index contributed by atoms with van der Waals surface area (Å²) in [7, 11) is 1.28. The molecular weight excluding hydrogens is 270 g/mol. The van der Waals surface area contributed by atoms with E-state index in [2.05, 4.69) is 4.98 Å². The first-order valence-electron chi connectivity index (χ1n) is 5.52. The Labute approximate surface area is 112 Å². The summed E-state index contributed by atoms with van der Waals surface area (Å²) in [6.45, 7) is 0. The SMILES string of the molecule is CN(c1ncccc1O)c1c(C(=O)O)ccc(F)c1F. The van der Waals surface area contributed by atoms with Crippen LogP contribution in [0.25, 0.3) is 0 Å². The quantitative estimate of drug-likeness (QED) is 0.903. The van der Waals surface area contributed by atoms with E-state index in [1.54, 1.807) is 0 Å². The number of aromatic hydroxyl groups is 1. The normalized spacial score (nSPS) is 10.3. The molecule has 2 N–H and O–H groups in total. The molecule has 0 saturated heterocycles. The van der Waals surface area contributed by atoms with Crippen LogP contribution in [-0.4, -0.2) is 28.2 Å². The lowest BCUT2D eigenvalue weighted by Gasteiger charge is -2.21. The molecule has 2 aromatic rings. The lowest BCUT2D eigenvalue weighted by Crippen LogP contribution is -2.18. The van der Waals surface area contributed by atoms with Gasteiger partial charge in [0.25, 0.3) is 0 Å². The molecule has 5 nitrogen and oxygen atoms in total. The highest BCUT2D eigenvalue weighted by molar-refractivity contribution is 5.95. The Morgan fingerprint density at radius 2 is 2.00 bits per heavy atom. The van der Waals surface area contributed by atoms with E-state index in [1.165, 1.54) is 25.4 Å². The maximum Gasteiger partial charge on any atom is 0.337 e. The van der Waals surface area contributed by atoms with Crippen LogP contribution < -0.4 is 4.90 Å². The Kier molecular flexibility index (Phi) is 3.51. The van der Waals surface area contributed by atoms with Crippen molar-refractivity contribution in [1.29, 1.82) is 0 Å². The Morgan fingerprint density at radius 3 is 2.60 bits per heavy atom. The van der Waals surface area contributed by atoms with Crippen LogP contribution in [0.1, 0.15) is 10.4 Å². The van der Waals surface area contributed by atoms with Crippen molar-refractivity contribution in [1.82, 2.24) is 4.98 Å². The van der Waals surface area contributed by atoms with Gasteiger partial charge in [-0.25, -0.2) is 18.6 Å². The van der Waals surface area contributed by atoms with Crippen molar-refractivity contribution in [2.24, 2.45) is 0 Å². The first-order valence-corrected chi connectivity index (χ1v) is 5.52. The molecule has 0 radical (unpaired) electrons. The lowest BCUT2D eigenvalue weighted by atomic mass is 10.1. The molecule has 0 spiro atoms. The van der Waals surface area contributed by atoms with Crippen LogP contribution in [0.15, 0.2) is 30.5 Å². The molecule has 0 aliphatic carbocycles. The number of carboxylic acids is 1. The highest BCUT2D eigenvalue weighted by Crippen LogP contribution is 2.34. The van der Waals surface area contributed by atoms with Gasteiger partial charge in [0.1, 0.15) is 0 Å². The average molecular weight is 280 g/mol. The number of benzene rings is 1. The molecule has 0 unspecified atom stereocenters. The summed E-state index contributed by atoms with van der Waals surface area (Å²) in [4.78, 5) is 15.9. The summed E-state index contributed by atoms with van der Waals surface area (Å²) in [5.74, 6) is -4.29. The second kappa shape index (κ2) is 5.12. The number of hydrogen-bond acceptors (Lipinski definition) is 4. The highest BCUT2D eigenvalue weighted by atomic mass is 19.2. The van der Waals surface area contributed by atoms with E-state index in [4.69, 9.17) is 5.11 Å². The van der Waals surface area contributed by atoms with Gasteiger partial charge in [-0.2, -0.15) is 0 Å². The van der Waals surface area contributed by atoms with Crippen molar-refractivity contribution in [2.45, 2.75) is 0 Å². The van der Waals surface area contributed by atoms with E-state index in [1.807, 2.05) is 0 Å². The number of carbonyl (C=O) groups is 1. The summed E-state index contributed by atoms with van der Waals surface area (Å²) in [5.41, 5.74) is -0.942. The summed E-state index contributed by atoms with van der Waals surface area (Å²) in [6.07, 6.45) is 1.34. The minimum atomic E-state index is -1.42. The predicted molar refractivity (Wildman–Crippen MR) is 67.3 cm³/mol. The third kappa shape index (κ3) is 2.25. The molecule has 0 aliphatic rings. The third-order valence-corrected chi connectivity index (χ3v) is 2.72. The van der Waals surface area contributed by atoms with Gasteiger partial charge in [0.15, 0.2) is 23.2 Å². The van der Waals surface area contributed by atoms with Crippen molar-refractivity contribution in [2.75, 3.05) is 11.9 Å². The Bertz CT molecular complexity index is 677. The number of rotatable bonds is 3. The summed E-state index contributed by atoms with van der Waals surface area (Å²) in [6, 6.07) is 4.43. The lowest BCUT2D eigenvalue weighted by molar-refractivity contribution is 0.0697. The molecule has 7 heteroatoms. The molecule has 0 saturated carbocycles. The third-order valence-electron chi connectivity index (χ3n) is 2.72. The van der Waals surface area contributed by atoms with E-state index in [0.29, 0.717) is 0 Å².